The molecule has 1 aromatic rings. The SMILES string of the molecule is O=C(O)CCC1CS(=O)(=O)c2cccc(Cl)c21. The quantitative estimate of drug-likeness (QED) is 0.916. The minimum absolute atomic E-state index is 0.0423. The van der Waals surface area contributed by atoms with Gasteiger partial charge in [-0.25, -0.2) is 8.42 Å². The molecule has 1 atom stereocenters. The number of aliphatic carboxylic acids is 1. The molecule has 4 nitrogen and oxygen atoms in total. The van der Waals surface area contributed by atoms with E-state index in [0.29, 0.717) is 17.0 Å². The topological polar surface area (TPSA) is 71.4 Å². The summed E-state index contributed by atoms with van der Waals surface area (Å²) in [6, 6.07) is 4.75. The van der Waals surface area contributed by atoms with Crippen molar-refractivity contribution in [2.45, 2.75) is 23.7 Å². The molecule has 0 aromatic heterocycles. The Kier molecular flexibility index (Phi) is 3.14. The van der Waals surface area contributed by atoms with Gasteiger partial charge in [-0.1, -0.05) is 17.7 Å². The number of halogens is 1. The Balaban J connectivity index is 2.40. The molecule has 1 aromatic carbocycles. The van der Waals surface area contributed by atoms with Gasteiger partial charge >= 0.3 is 5.97 Å². The smallest absolute Gasteiger partial charge is 0.303 e. The Morgan fingerprint density at radius 3 is 2.82 bits per heavy atom. The fraction of sp³-hybridized carbons (Fsp3) is 0.364. The number of sulfone groups is 1. The highest BCUT2D eigenvalue weighted by Gasteiger charge is 2.36. The van der Waals surface area contributed by atoms with Gasteiger partial charge in [-0.2, -0.15) is 0 Å². The van der Waals surface area contributed by atoms with Crippen molar-refractivity contribution in [1.82, 2.24) is 0 Å². The summed E-state index contributed by atoms with van der Waals surface area (Å²) in [5.74, 6) is -1.28. The van der Waals surface area contributed by atoms with E-state index in [4.69, 9.17) is 16.7 Å². The first-order chi connectivity index (χ1) is 7.92. The molecule has 1 heterocycles. The molecule has 92 valence electrons. The molecule has 0 spiro atoms. The van der Waals surface area contributed by atoms with E-state index in [0.717, 1.165) is 0 Å². The molecule has 0 saturated heterocycles. The summed E-state index contributed by atoms with van der Waals surface area (Å²) < 4.78 is 23.7. The van der Waals surface area contributed by atoms with Crippen molar-refractivity contribution in [2.75, 3.05) is 5.75 Å². The van der Waals surface area contributed by atoms with Crippen molar-refractivity contribution in [1.29, 1.82) is 0 Å². The predicted octanol–water partition coefficient (Wildman–Crippen LogP) is 2.08. The monoisotopic (exact) mass is 274 g/mol. The molecular formula is C11H11ClO4S. The highest BCUT2D eigenvalue weighted by Crippen LogP contribution is 2.41. The maximum absolute atomic E-state index is 11.9. The second kappa shape index (κ2) is 4.31. The number of fused-ring (bicyclic) bond motifs is 1. The van der Waals surface area contributed by atoms with E-state index in [1.807, 2.05) is 0 Å². The van der Waals surface area contributed by atoms with Crippen LogP contribution in [0.25, 0.3) is 0 Å². The highest BCUT2D eigenvalue weighted by atomic mass is 35.5. The lowest BCUT2D eigenvalue weighted by atomic mass is 9.96. The number of carboxylic acid groups (broad SMARTS) is 1. The zero-order valence-electron chi connectivity index (χ0n) is 8.89. The summed E-state index contributed by atoms with van der Waals surface area (Å²) in [6.07, 6.45) is 0.246. The number of hydrogen-bond donors (Lipinski definition) is 1. The molecule has 0 bridgehead atoms. The van der Waals surface area contributed by atoms with E-state index in [2.05, 4.69) is 0 Å². The van der Waals surface area contributed by atoms with Crippen LogP contribution in [0.15, 0.2) is 23.1 Å². The molecule has 0 fully saturated rings. The van der Waals surface area contributed by atoms with E-state index < -0.39 is 15.8 Å². The lowest BCUT2D eigenvalue weighted by Crippen LogP contribution is -2.06. The van der Waals surface area contributed by atoms with Crippen LogP contribution in [-0.4, -0.2) is 25.2 Å². The van der Waals surface area contributed by atoms with Gasteiger partial charge < -0.3 is 5.11 Å². The van der Waals surface area contributed by atoms with Crippen LogP contribution < -0.4 is 0 Å². The molecule has 0 aliphatic carbocycles. The second-order valence-electron chi connectivity index (χ2n) is 4.06. The first-order valence-corrected chi connectivity index (χ1v) is 7.18. The number of benzene rings is 1. The van der Waals surface area contributed by atoms with Gasteiger partial charge in [-0.05, 0) is 24.1 Å². The van der Waals surface area contributed by atoms with Crippen LogP contribution in [0, 0.1) is 0 Å². The minimum atomic E-state index is -3.30. The van der Waals surface area contributed by atoms with Crippen LogP contribution in [0.3, 0.4) is 0 Å². The lowest BCUT2D eigenvalue weighted by molar-refractivity contribution is -0.137. The number of hydrogen-bond acceptors (Lipinski definition) is 3. The van der Waals surface area contributed by atoms with Gasteiger partial charge in [0.15, 0.2) is 9.84 Å². The van der Waals surface area contributed by atoms with E-state index in [1.54, 1.807) is 12.1 Å². The van der Waals surface area contributed by atoms with E-state index >= 15 is 0 Å². The van der Waals surface area contributed by atoms with Gasteiger partial charge in [0.05, 0.1) is 10.6 Å². The molecule has 1 aliphatic heterocycles. The maximum atomic E-state index is 11.9. The van der Waals surface area contributed by atoms with Crippen LogP contribution in [0.5, 0.6) is 0 Å². The largest absolute Gasteiger partial charge is 0.481 e. The number of rotatable bonds is 3. The maximum Gasteiger partial charge on any atom is 0.303 e. The Hall–Kier alpha value is -1.07. The molecule has 1 aliphatic rings. The Morgan fingerprint density at radius 2 is 2.18 bits per heavy atom. The van der Waals surface area contributed by atoms with Crippen molar-refractivity contribution in [3.63, 3.8) is 0 Å². The summed E-state index contributed by atoms with van der Waals surface area (Å²) in [5, 5.41) is 9.04. The third-order valence-corrected chi connectivity index (χ3v) is 5.08. The molecule has 2 rings (SSSR count). The highest BCUT2D eigenvalue weighted by molar-refractivity contribution is 7.91. The third kappa shape index (κ3) is 2.30. The average Bonchev–Trinajstić information content (AvgIpc) is 2.49. The van der Waals surface area contributed by atoms with Crippen LogP contribution in [0.4, 0.5) is 0 Å². The van der Waals surface area contributed by atoms with Crippen molar-refractivity contribution < 1.29 is 18.3 Å². The summed E-state index contributed by atoms with van der Waals surface area (Å²) in [4.78, 5) is 10.8. The molecule has 1 unspecified atom stereocenters. The third-order valence-electron chi connectivity index (χ3n) is 2.88. The molecule has 1 N–H and O–H groups in total. The molecule has 17 heavy (non-hydrogen) atoms. The van der Waals surface area contributed by atoms with Crippen molar-refractivity contribution >= 4 is 27.4 Å². The minimum Gasteiger partial charge on any atom is -0.481 e. The second-order valence-corrected chi connectivity index (χ2v) is 6.47. The summed E-state index contributed by atoms with van der Waals surface area (Å²) in [6.45, 7) is 0. The van der Waals surface area contributed by atoms with Gasteiger partial charge in [0.1, 0.15) is 0 Å². The number of carbonyl (C=O) groups is 1. The predicted molar refractivity (Wildman–Crippen MR) is 63.1 cm³/mol. The van der Waals surface area contributed by atoms with Crippen molar-refractivity contribution in [3.8, 4) is 0 Å². The molecular weight excluding hydrogens is 264 g/mol. The average molecular weight is 275 g/mol. The zero-order chi connectivity index (χ0) is 12.6. The van der Waals surface area contributed by atoms with Crippen molar-refractivity contribution in [3.05, 3.63) is 28.8 Å². The van der Waals surface area contributed by atoms with Crippen LogP contribution in [-0.2, 0) is 14.6 Å². The zero-order valence-corrected chi connectivity index (χ0v) is 10.5. The fourth-order valence-electron chi connectivity index (χ4n) is 2.15. The summed E-state index contributed by atoms with van der Waals surface area (Å²) in [7, 11) is -3.30. The Morgan fingerprint density at radius 1 is 1.47 bits per heavy atom. The van der Waals surface area contributed by atoms with E-state index in [9.17, 15) is 13.2 Å². The normalized spacial score (nSPS) is 21.1. The Labute approximate surface area is 104 Å². The van der Waals surface area contributed by atoms with Crippen molar-refractivity contribution in [2.24, 2.45) is 0 Å². The van der Waals surface area contributed by atoms with Gasteiger partial charge in [0.25, 0.3) is 0 Å². The Bertz CT molecular complexity index is 565. The standard InChI is InChI=1S/C11H11ClO4S/c12-8-2-1-3-9-11(8)7(4-5-10(13)14)6-17(9,15)16/h1-3,7H,4-6H2,(H,13,14). The van der Waals surface area contributed by atoms with Gasteiger partial charge in [-0.15, -0.1) is 0 Å². The summed E-state index contributed by atoms with van der Waals surface area (Å²) >= 11 is 6.00. The number of carboxylic acids is 1. The van der Waals surface area contributed by atoms with E-state index in [1.165, 1.54) is 6.07 Å². The molecule has 0 radical (unpaired) electrons. The molecule has 6 heteroatoms. The van der Waals surface area contributed by atoms with Crippen LogP contribution in [0.1, 0.15) is 24.3 Å². The van der Waals surface area contributed by atoms with Gasteiger partial charge in [0, 0.05) is 17.4 Å². The first kappa shape index (κ1) is 12.4. The first-order valence-electron chi connectivity index (χ1n) is 5.15. The van der Waals surface area contributed by atoms with Gasteiger partial charge in [0.2, 0.25) is 0 Å². The van der Waals surface area contributed by atoms with E-state index in [-0.39, 0.29) is 23.0 Å². The molecule has 0 amide bonds. The van der Waals surface area contributed by atoms with Crippen LogP contribution in [0.2, 0.25) is 5.02 Å². The lowest BCUT2D eigenvalue weighted by Gasteiger charge is -2.09. The van der Waals surface area contributed by atoms with Gasteiger partial charge in [-0.3, -0.25) is 4.79 Å². The summed E-state index contributed by atoms with van der Waals surface area (Å²) in [5.41, 5.74) is 0.579. The fourth-order valence-corrected chi connectivity index (χ4v) is 4.47. The molecule has 0 saturated carbocycles. The van der Waals surface area contributed by atoms with Crippen LogP contribution >= 0.6 is 11.6 Å².